The van der Waals surface area contributed by atoms with Gasteiger partial charge in [-0.1, -0.05) is 26.0 Å². The molecule has 1 aromatic rings. The molecule has 0 radical (unpaired) electrons. The quantitative estimate of drug-likeness (QED) is 0.831. The van der Waals surface area contributed by atoms with Crippen molar-refractivity contribution in [2.75, 3.05) is 11.9 Å². The summed E-state index contributed by atoms with van der Waals surface area (Å²) in [6.45, 7) is 9.32. The lowest BCUT2D eigenvalue weighted by atomic mass is 9.86. The molecular weight excluding hydrogens is 208 g/mol. The van der Waals surface area contributed by atoms with Crippen molar-refractivity contribution in [3.05, 3.63) is 29.8 Å². The Labute approximate surface area is 105 Å². The third kappa shape index (κ3) is 4.11. The summed E-state index contributed by atoms with van der Waals surface area (Å²) in [6, 6.07) is 10.5. The van der Waals surface area contributed by atoms with Crippen LogP contribution in [0.3, 0.4) is 0 Å². The Bertz CT molecular complexity index is 382. The molecule has 2 nitrogen and oxygen atoms in total. The molecule has 0 amide bonds. The Morgan fingerprint density at radius 3 is 2.29 bits per heavy atom. The first kappa shape index (κ1) is 13.6. The van der Waals surface area contributed by atoms with Crippen LogP contribution in [-0.2, 0) is 5.41 Å². The monoisotopic (exact) mass is 230 g/mol. The van der Waals surface area contributed by atoms with Crippen molar-refractivity contribution in [1.82, 2.24) is 0 Å². The minimum absolute atomic E-state index is 0.406. The SMILES string of the molecule is CC(C)CCNc1ccc(C(C)(C)C#N)cc1. The van der Waals surface area contributed by atoms with Crippen molar-refractivity contribution in [2.24, 2.45) is 5.92 Å². The van der Waals surface area contributed by atoms with E-state index in [0.717, 1.165) is 23.7 Å². The highest BCUT2D eigenvalue weighted by molar-refractivity contribution is 5.46. The molecule has 2 heteroatoms. The zero-order chi connectivity index (χ0) is 12.9. The van der Waals surface area contributed by atoms with Crippen LogP contribution in [0.1, 0.15) is 39.7 Å². The number of nitrogens with zero attached hydrogens (tertiary/aromatic N) is 1. The van der Waals surface area contributed by atoms with E-state index in [1.165, 1.54) is 6.42 Å². The number of hydrogen-bond acceptors (Lipinski definition) is 2. The number of nitrogens with one attached hydrogen (secondary N) is 1. The van der Waals surface area contributed by atoms with Gasteiger partial charge in [-0.05, 0) is 43.9 Å². The second kappa shape index (κ2) is 5.72. The van der Waals surface area contributed by atoms with E-state index >= 15 is 0 Å². The van der Waals surface area contributed by atoms with Gasteiger partial charge in [0.05, 0.1) is 11.5 Å². The van der Waals surface area contributed by atoms with E-state index in [-0.39, 0.29) is 0 Å². The minimum atomic E-state index is -0.406. The van der Waals surface area contributed by atoms with Gasteiger partial charge < -0.3 is 5.32 Å². The zero-order valence-corrected chi connectivity index (χ0v) is 11.2. The molecule has 0 saturated carbocycles. The van der Waals surface area contributed by atoms with Gasteiger partial charge in [0, 0.05) is 12.2 Å². The molecule has 17 heavy (non-hydrogen) atoms. The lowest BCUT2D eigenvalue weighted by Crippen LogP contribution is -2.13. The average molecular weight is 230 g/mol. The standard InChI is InChI=1S/C15H22N2/c1-12(2)9-10-17-14-7-5-13(6-8-14)15(3,4)11-16/h5-8,12,17H,9-10H2,1-4H3. The molecule has 0 bridgehead atoms. The molecule has 0 saturated heterocycles. The van der Waals surface area contributed by atoms with Crippen LogP contribution in [0.4, 0.5) is 5.69 Å². The molecule has 0 unspecified atom stereocenters. The number of nitriles is 1. The highest BCUT2D eigenvalue weighted by Crippen LogP contribution is 2.23. The maximum absolute atomic E-state index is 9.05. The first-order valence-electron chi connectivity index (χ1n) is 6.21. The lowest BCUT2D eigenvalue weighted by molar-refractivity contribution is 0.607. The normalized spacial score (nSPS) is 11.3. The Morgan fingerprint density at radius 2 is 1.82 bits per heavy atom. The van der Waals surface area contributed by atoms with Gasteiger partial charge in [-0.15, -0.1) is 0 Å². The van der Waals surface area contributed by atoms with Crippen molar-refractivity contribution in [3.63, 3.8) is 0 Å². The van der Waals surface area contributed by atoms with Crippen molar-refractivity contribution in [3.8, 4) is 6.07 Å². The van der Waals surface area contributed by atoms with Crippen molar-refractivity contribution in [2.45, 2.75) is 39.5 Å². The Balaban J connectivity index is 2.60. The highest BCUT2D eigenvalue weighted by atomic mass is 14.9. The van der Waals surface area contributed by atoms with Crippen LogP contribution in [-0.4, -0.2) is 6.54 Å². The molecule has 0 atom stereocenters. The third-order valence-electron chi connectivity index (χ3n) is 2.94. The smallest absolute Gasteiger partial charge is 0.0766 e. The summed E-state index contributed by atoms with van der Waals surface area (Å²) in [5, 5.41) is 12.4. The average Bonchev–Trinajstić information content (AvgIpc) is 2.29. The predicted molar refractivity (Wildman–Crippen MR) is 73.0 cm³/mol. The van der Waals surface area contributed by atoms with Gasteiger partial charge in [0.25, 0.3) is 0 Å². The van der Waals surface area contributed by atoms with Crippen LogP contribution in [0, 0.1) is 17.2 Å². The van der Waals surface area contributed by atoms with E-state index in [1.807, 2.05) is 26.0 Å². The van der Waals surface area contributed by atoms with Crippen LogP contribution < -0.4 is 5.32 Å². The van der Waals surface area contributed by atoms with Crippen molar-refractivity contribution < 1.29 is 0 Å². The summed E-state index contributed by atoms with van der Waals surface area (Å²) in [4.78, 5) is 0. The summed E-state index contributed by atoms with van der Waals surface area (Å²) in [5.74, 6) is 0.722. The maximum Gasteiger partial charge on any atom is 0.0766 e. The maximum atomic E-state index is 9.05. The van der Waals surface area contributed by atoms with E-state index in [2.05, 4.69) is 37.4 Å². The zero-order valence-electron chi connectivity index (χ0n) is 11.2. The first-order valence-corrected chi connectivity index (χ1v) is 6.21. The molecule has 92 valence electrons. The second-order valence-electron chi connectivity index (χ2n) is 5.42. The molecule has 0 aliphatic carbocycles. The molecule has 0 aliphatic heterocycles. The number of rotatable bonds is 5. The van der Waals surface area contributed by atoms with E-state index in [1.54, 1.807) is 0 Å². The van der Waals surface area contributed by atoms with Crippen molar-refractivity contribution >= 4 is 5.69 Å². The van der Waals surface area contributed by atoms with Gasteiger partial charge in [-0.2, -0.15) is 5.26 Å². The Morgan fingerprint density at radius 1 is 1.24 bits per heavy atom. The van der Waals surface area contributed by atoms with Gasteiger partial charge in [0.1, 0.15) is 0 Å². The Hall–Kier alpha value is -1.49. The minimum Gasteiger partial charge on any atom is -0.385 e. The second-order valence-corrected chi connectivity index (χ2v) is 5.42. The topological polar surface area (TPSA) is 35.8 Å². The molecule has 1 N–H and O–H groups in total. The van der Waals surface area contributed by atoms with Gasteiger partial charge in [-0.25, -0.2) is 0 Å². The predicted octanol–water partition coefficient (Wildman–Crippen LogP) is 3.95. The molecule has 1 rings (SSSR count). The van der Waals surface area contributed by atoms with Crippen LogP contribution in [0.15, 0.2) is 24.3 Å². The Kier molecular flexibility index (Phi) is 4.57. The summed E-state index contributed by atoms with van der Waals surface area (Å²) >= 11 is 0. The van der Waals surface area contributed by atoms with Crippen LogP contribution in [0.2, 0.25) is 0 Å². The number of benzene rings is 1. The third-order valence-corrected chi connectivity index (χ3v) is 2.94. The van der Waals surface area contributed by atoms with Crippen LogP contribution in [0.5, 0.6) is 0 Å². The highest BCUT2D eigenvalue weighted by Gasteiger charge is 2.18. The fourth-order valence-electron chi connectivity index (χ4n) is 1.57. The summed E-state index contributed by atoms with van der Waals surface area (Å²) in [6.07, 6.45) is 1.17. The summed E-state index contributed by atoms with van der Waals surface area (Å²) in [7, 11) is 0. The molecular formula is C15H22N2. The fraction of sp³-hybridized carbons (Fsp3) is 0.533. The van der Waals surface area contributed by atoms with Crippen molar-refractivity contribution in [1.29, 1.82) is 5.26 Å². The van der Waals surface area contributed by atoms with Gasteiger partial charge >= 0.3 is 0 Å². The molecule has 0 aromatic heterocycles. The van der Waals surface area contributed by atoms with E-state index in [0.29, 0.717) is 0 Å². The van der Waals surface area contributed by atoms with Crippen LogP contribution in [0.25, 0.3) is 0 Å². The number of anilines is 1. The molecule has 0 spiro atoms. The number of hydrogen-bond donors (Lipinski definition) is 1. The van der Waals surface area contributed by atoms with Crippen LogP contribution >= 0.6 is 0 Å². The first-order chi connectivity index (χ1) is 7.95. The lowest BCUT2D eigenvalue weighted by Gasteiger charge is -2.16. The fourth-order valence-corrected chi connectivity index (χ4v) is 1.57. The molecule has 1 aromatic carbocycles. The van der Waals surface area contributed by atoms with Gasteiger partial charge in [0.15, 0.2) is 0 Å². The van der Waals surface area contributed by atoms with E-state index in [4.69, 9.17) is 5.26 Å². The largest absolute Gasteiger partial charge is 0.385 e. The molecule has 0 heterocycles. The molecule has 0 fully saturated rings. The van der Waals surface area contributed by atoms with E-state index in [9.17, 15) is 0 Å². The van der Waals surface area contributed by atoms with E-state index < -0.39 is 5.41 Å². The molecule has 0 aliphatic rings. The van der Waals surface area contributed by atoms with Gasteiger partial charge in [0.2, 0.25) is 0 Å². The summed E-state index contributed by atoms with van der Waals surface area (Å²) in [5.41, 5.74) is 1.79. The van der Waals surface area contributed by atoms with Gasteiger partial charge in [-0.3, -0.25) is 0 Å². The summed E-state index contributed by atoms with van der Waals surface area (Å²) < 4.78 is 0.